The van der Waals surface area contributed by atoms with Gasteiger partial charge >= 0.3 is 0 Å². The van der Waals surface area contributed by atoms with Crippen LogP contribution in [0, 0.1) is 0 Å². The van der Waals surface area contributed by atoms with Gasteiger partial charge in [0.15, 0.2) is 0 Å². The molecule has 1 saturated heterocycles. The highest BCUT2D eigenvalue weighted by molar-refractivity contribution is 5.95. The molecule has 1 aliphatic heterocycles. The average molecular weight is 283 g/mol. The molecule has 0 saturated carbocycles. The van der Waals surface area contributed by atoms with Crippen molar-refractivity contribution in [1.82, 2.24) is 5.43 Å². The van der Waals surface area contributed by atoms with Crippen LogP contribution in [-0.4, -0.2) is 25.2 Å². The Morgan fingerprint density at radius 2 is 1.95 bits per heavy atom. The van der Waals surface area contributed by atoms with E-state index in [0.717, 1.165) is 18.7 Å². The topological polar surface area (TPSA) is 57.8 Å². The van der Waals surface area contributed by atoms with Gasteiger partial charge in [0, 0.05) is 29.9 Å². The third-order valence-corrected chi connectivity index (χ3v) is 3.52. The molecule has 1 fully saturated rings. The van der Waals surface area contributed by atoms with E-state index in [9.17, 15) is 4.79 Å². The minimum atomic E-state index is -0.220. The summed E-state index contributed by atoms with van der Waals surface area (Å²) in [5.74, 6) is -0.220. The maximum atomic E-state index is 11.9. The Morgan fingerprint density at radius 1 is 1.19 bits per heavy atom. The molecule has 1 aromatic carbocycles. The molecule has 0 atom stereocenters. The number of hydrogen-bond acceptors (Lipinski definition) is 4. The number of anilines is 1. The summed E-state index contributed by atoms with van der Waals surface area (Å²) < 4.78 is 4.91. The summed E-state index contributed by atoms with van der Waals surface area (Å²) >= 11 is 0. The van der Waals surface area contributed by atoms with Crippen molar-refractivity contribution in [3.8, 4) is 0 Å². The van der Waals surface area contributed by atoms with Gasteiger partial charge in [-0.3, -0.25) is 4.79 Å². The number of carbonyl (C=O) groups is 1. The van der Waals surface area contributed by atoms with Gasteiger partial charge in [-0.05, 0) is 43.2 Å². The normalized spacial score (nSPS) is 14.8. The summed E-state index contributed by atoms with van der Waals surface area (Å²) in [6, 6.07) is 9.40. The van der Waals surface area contributed by atoms with Gasteiger partial charge in [-0.2, -0.15) is 5.10 Å². The molecular formula is C16H17N3O2. The molecule has 0 radical (unpaired) electrons. The van der Waals surface area contributed by atoms with E-state index >= 15 is 0 Å². The lowest BCUT2D eigenvalue weighted by molar-refractivity contribution is 0.0955. The van der Waals surface area contributed by atoms with Gasteiger partial charge in [0.05, 0.1) is 18.7 Å². The zero-order chi connectivity index (χ0) is 14.5. The smallest absolute Gasteiger partial charge is 0.271 e. The predicted molar refractivity (Wildman–Crippen MR) is 81.7 cm³/mol. The van der Waals surface area contributed by atoms with E-state index in [1.54, 1.807) is 24.8 Å². The Balaban J connectivity index is 1.59. The monoisotopic (exact) mass is 283 g/mol. The molecular weight excluding hydrogens is 266 g/mol. The van der Waals surface area contributed by atoms with E-state index < -0.39 is 0 Å². The van der Waals surface area contributed by atoms with Gasteiger partial charge in [-0.15, -0.1) is 0 Å². The first kappa shape index (κ1) is 13.4. The molecule has 3 rings (SSSR count). The Hall–Kier alpha value is -2.56. The first-order valence-corrected chi connectivity index (χ1v) is 7.03. The Kier molecular flexibility index (Phi) is 4.00. The minimum Gasteiger partial charge on any atom is -0.472 e. The Labute approximate surface area is 123 Å². The van der Waals surface area contributed by atoms with Crippen molar-refractivity contribution >= 4 is 17.8 Å². The number of hydrazone groups is 1. The summed E-state index contributed by atoms with van der Waals surface area (Å²) in [6.07, 6.45) is 7.14. The highest BCUT2D eigenvalue weighted by Gasteiger charge is 2.12. The number of amides is 1. The molecule has 5 nitrogen and oxygen atoms in total. The molecule has 1 N–H and O–H groups in total. The molecule has 2 aromatic rings. The van der Waals surface area contributed by atoms with Crippen molar-refractivity contribution in [2.45, 2.75) is 12.8 Å². The Bertz CT molecular complexity index is 611. The van der Waals surface area contributed by atoms with Crippen molar-refractivity contribution in [2.24, 2.45) is 5.10 Å². The van der Waals surface area contributed by atoms with E-state index in [-0.39, 0.29) is 5.91 Å². The van der Waals surface area contributed by atoms with Crippen molar-refractivity contribution in [3.63, 3.8) is 0 Å². The summed E-state index contributed by atoms with van der Waals surface area (Å²) in [5, 5.41) is 3.90. The van der Waals surface area contributed by atoms with Crippen molar-refractivity contribution in [1.29, 1.82) is 0 Å². The van der Waals surface area contributed by atoms with Crippen molar-refractivity contribution in [2.75, 3.05) is 18.0 Å². The molecule has 1 aliphatic rings. The van der Waals surface area contributed by atoms with E-state index in [0.29, 0.717) is 5.56 Å². The number of furan rings is 1. The van der Waals surface area contributed by atoms with Crippen LogP contribution < -0.4 is 10.3 Å². The fourth-order valence-electron chi connectivity index (χ4n) is 2.38. The van der Waals surface area contributed by atoms with Crippen LogP contribution in [0.25, 0.3) is 0 Å². The number of benzene rings is 1. The third kappa shape index (κ3) is 3.31. The molecule has 1 aromatic heterocycles. The second kappa shape index (κ2) is 6.26. The van der Waals surface area contributed by atoms with Crippen molar-refractivity contribution < 1.29 is 9.21 Å². The zero-order valence-corrected chi connectivity index (χ0v) is 11.7. The molecule has 5 heteroatoms. The quantitative estimate of drug-likeness (QED) is 0.693. The van der Waals surface area contributed by atoms with E-state index in [1.807, 2.05) is 24.3 Å². The average Bonchev–Trinajstić information content (AvgIpc) is 3.21. The summed E-state index contributed by atoms with van der Waals surface area (Å²) in [6.45, 7) is 2.20. The van der Waals surface area contributed by atoms with Crippen LogP contribution in [0.5, 0.6) is 0 Å². The molecule has 21 heavy (non-hydrogen) atoms. The van der Waals surface area contributed by atoms with Crippen LogP contribution in [0.15, 0.2) is 52.4 Å². The van der Waals surface area contributed by atoms with Gasteiger partial charge in [0.25, 0.3) is 5.91 Å². The molecule has 0 spiro atoms. The SMILES string of the molecule is O=C(N/N=C\c1ccoc1)c1ccc(N2CCCC2)cc1. The largest absolute Gasteiger partial charge is 0.472 e. The summed E-state index contributed by atoms with van der Waals surface area (Å²) in [5.41, 5.74) is 5.08. The molecule has 2 heterocycles. The number of carbonyl (C=O) groups excluding carboxylic acids is 1. The second-order valence-corrected chi connectivity index (χ2v) is 5.00. The van der Waals surface area contributed by atoms with Gasteiger partial charge in [0.1, 0.15) is 0 Å². The first-order valence-electron chi connectivity index (χ1n) is 7.03. The van der Waals surface area contributed by atoms with Gasteiger partial charge in [-0.25, -0.2) is 5.43 Å². The lowest BCUT2D eigenvalue weighted by Crippen LogP contribution is -2.19. The lowest BCUT2D eigenvalue weighted by Gasteiger charge is -2.17. The lowest BCUT2D eigenvalue weighted by atomic mass is 10.2. The fourth-order valence-corrected chi connectivity index (χ4v) is 2.38. The number of hydrogen-bond donors (Lipinski definition) is 1. The number of nitrogens with one attached hydrogen (secondary N) is 1. The number of nitrogens with zero attached hydrogens (tertiary/aromatic N) is 2. The van der Waals surface area contributed by atoms with E-state index in [2.05, 4.69) is 15.4 Å². The second-order valence-electron chi connectivity index (χ2n) is 5.00. The highest BCUT2D eigenvalue weighted by atomic mass is 16.3. The molecule has 0 unspecified atom stereocenters. The van der Waals surface area contributed by atoms with Crippen LogP contribution in [0.2, 0.25) is 0 Å². The molecule has 0 aliphatic carbocycles. The fraction of sp³-hybridized carbons (Fsp3) is 0.250. The van der Waals surface area contributed by atoms with Gasteiger partial charge in [-0.1, -0.05) is 0 Å². The minimum absolute atomic E-state index is 0.220. The van der Waals surface area contributed by atoms with Crippen LogP contribution in [-0.2, 0) is 0 Å². The molecule has 1 amide bonds. The summed E-state index contributed by atoms with van der Waals surface area (Å²) in [7, 11) is 0. The van der Waals surface area contributed by atoms with Crippen LogP contribution in [0.1, 0.15) is 28.8 Å². The van der Waals surface area contributed by atoms with E-state index in [1.165, 1.54) is 18.5 Å². The van der Waals surface area contributed by atoms with Crippen molar-refractivity contribution in [3.05, 3.63) is 54.0 Å². The number of rotatable bonds is 4. The highest BCUT2D eigenvalue weighted by Crippen LogP contribution is 2.20. The van der Waals surface area contributed by atoms with E-state index in [4.69, 9.17) is 4.42 Å². The molecule has 108 valence electrons. The zero-order valence-electron chi connectivity index (χ0n) is 11.7. The van der Waals surface area contributed by atoms with Gasteiger partial charge < -0.3 is 9.32 Å². The summed E-state index contributed by atoms with van der Waals surface area (Å²) in [4.78, 5) is 14.3. The Morgan fingerprint density at radius 3 is 2.62 bits per heavy atom. The van der Waals surface area contributed by atoms with Gasteiger partial charge in [0.2, 0.25) is 0 Å². The predicted octanol–water partition coefficient (Wildman–Crippen LogP) is 2.64. The molecule has 0 bridgehead atoms. The maximum Gasteiger partial charge on any atom is 0.271 e. The maximum absolute atomic E-state index is 11.9. The van der Waals surface area contributed by atoms with Crippen LogP contribution in [0.3, 0.4) is 0 Å². The van der Waals surface area contributed by atoms with Crippen LogP contribution in [0.4, 0.5) is 5.69 Å². The standard InChI is InChI=1S/C16H17N3O2/c20-16(18-17-11-13-7-10-21-12-13)14-3-5-15(6-4-14)19-8-1-2-9-19/h3-7,10-12H,1-2,8-9H2,(H,18,20)/b17-11-. The first-order chi connectivity index (χ1) is 10.3. The van der Waals surface area contributed by atoms with Crippen LogP contribution >= 0.6 is 0 Å². The third-order valence-electron chi connectivity index (χ3n) is 3.52.